The first-order chi connectivity index (χ1) is 19.5. The van der Waals surface area contributed by atoms with Crippen molar-refractivity contribution in [2.24, 2.45) is 0 Å². The number of nitrogens with zero attached hydrogens (tertiary/aromatic N) is 1. The van der Waals surface area contributed by atoms with Crippen LogP contribution in [0, 0.1) is 0 Å². The van der Waals surface area contributed by atoms with Crippen molar-refractivity contribution in [2.75, 3.05) is 40.9 Å². The molecule has 0 saturated carbocycles. The average molecular weight is 608 g/mol. The van der Waals surface area contributed by atoms with E-state index in [2.05, 4.69) is 19.2 Å². The number of phosphoric ester groups is 1. The predicted octanol–water partition coefficient (Wildman–Crippen LogP) is 7.90. The summed E-state index contributed by atoms with van der Waals surface area (Å²) in [5.41, 5.74) is 0. The second-order valence-electron chi connectivity index (χ2n) is 12.9. The topological polar surface area (TPSA) is 105 Å². The van der Waals surface area contributed by atoms with Gasteiger partial charge in [-0.2, -0.15) is 0 Å². The second kappa shape index (κ2) is 25.9. The number of quaternary nitrogens is 1. The van der Waals surface area contributed by atoms with Crippen LogP contribution in [0.5, 0.6) is 0 Å². The maximum Gasteiger partial charge on any atom is 0.472 e. The van der Waals surface area contributed by atoms with Gasteiger partial charge in [-0.15, -0.1) is 0 Å². The molecule has 0 aliphatic carbocycles. The van der Waals surface area contributed by atoms with E-state index in [1.165, 1.54) is 83.5 Å². The van der Waals surface area contributed by atoms with E-state index in [1.807, 2.05) is 21.1 Å². The van der Waals surface area contributed by atoms with Crippen molar-refractivity contribution < 1.29 is 32.9 Å². The summed E-state index contributed by atoms with van der Waals surface area (Å²) >= 11 is 0. The van der Waals surface area contributed by atoms with Crippen LogP contribution in [-0.4, -0.2) is 73.4 Å². The number of hydrogen-bond acceptors (Lipinski definition) is 5. The number of carbonyl (C=O) groups is 1. The van der Waals surface area contributed by atoms with Crippen molar-refractivity contribution >= 4 is 13.7 Å². The van der Waals surface area contributed by atoms with E-state index in [-0.39, 0.29) is 19.1 Å². The molecule has 0 radical (unpaired) electrons. The summed E-state index contributed by atoms with van der Waals surface area (Å²) in [6.07, 6.45) is 22.7. The molecule has 0 aromatic heterocycles. The fourth-order valence-electron chi connectivity index (χ4n) is 4.81. The molecular weight excluding hydrogens is 539 g/mol. The number of amides is 1. The van der Waals surface area contributed by atoms with Crippen molar-refractivity contribution in [3.8, 4) is 0 Å². The lowest BCUT2D eigenvalue weighted by Gasteiger charge is -2.26. The Hall–Kier alpha value is -0.500. The van der Waals surface area contributed by atoms with Crippen molar-refractivity contribution in [3.63, 3.8) is 0 Å². The number of aliphatic hydroxyl groups excluding tert-OH is 1. The number of rotatable bonds is 30. The van der Waals surface area contributed by atoms with E-state index in [0.29, 0.717) is 23.9 Å². The molecule has 0 aromatic carbocycles. The van der Waals surface area contributed by atoms with Gasteiger partial charge in [0.2, 0.25) is 5.91 Å². The first kappa shape index (κ1) is 40.5. The summed E-state index contributed by atoms with van der Waals surface area (Å²) in [5, 5.41) is 13.8. The fraction of sp³-hybridized carbons (Fsp3) is 0.969. The molecule has 0 fully saturated rings. The molecule has 3 atom stereocenters. The highest BCUT2D eigenvalue weighted by Gasteiger charge is 2.28. The molecule has 0 bridgehead atoms. The number of likely N-dealkylation sites (N-methyl/N-ethyl adjacent to an activating group) is 1. The van der Waals surface area contributed by atoms with Crippen molar-refractivity contribution in [3.05, 3.63) is 0 Å². The third-order valence-electron chi connectivity index (χ3n) is 7.61. The van der Waals surface area contributed by atoms with Gasteiger partial charge in [0.15, 0.2) is 0 Å². The van der Waals surface area contributed by atoms with Crippen LogP contribution in [0.15, 0.2) is 0 Å². The van der Waals surface area contributed by atoms with Crippen LogP contribution >= 0.6 is 7.82 Å². The van der Waals surface area contributed by atoms with Gasteiger partial charge in [0.1, 0.15) is 13.2 Å². The SMILES string of the molecule is CCCCCCCCCCCCCC(O)C(COP(=O)(O)OCC[N+](C)(C)C)NC(=O)CCCCCCCCCC. The van der Waals surface area contributed by atoms with Crippen LogP contribution < -0.4 is 5.32 Å². The van der Waals surface area contributed by atoms with Crippen LogP contribution in [0.3, 0.4) is 0 Å². The molecular formula is C32H68N2O6P+. The Labute approximate surface area is 253 Å². The first-order valence-corrected chi connectivity index (χ1v) is 18.4. The quantitative estimate of drug-likeness (QED) is 0.0435. The van der Waals surface area contributed by atoms with Crippen LogP contribution in [0.2, 0.25) is 0 Å². The lowest BCUT2D eigenvalue weighted by molar-refractivity contribution is -0.870. The van der Waals surface area contributed by atoms with E-state index < -0.39 is 20.0 Å². The smallest absolute Gasteiger partial charge is 0.391 e. The predicted molar refractivity (Wildman–Crippen MR) is 171 cm³/mol. The minimum absolute atomic E-state index is 0.0774. The van der Waals surface area contributed by atoms with Gasteiger partial charge in [-0.1, -0.05) is 129 Å². The molecule has 3 unspecified atom stereocenters. The molecule has 8 nitrogen and oxygen atoms in total. The maximum absolute atomic E-state index is 12.7. The lowest BCUT2D eigenvalue weighted by atomic mass is 10.0. The molecule has 0 aliphatic rings. The van der Waals surface area contributed by atoms with Gasteiger partial charge in [0, 0.05) is 6.42 Å². The summed E-state index contributed by atoms with van der Waals surface area (Å²) in [5.74, 6) is -0.152. The van der Waals surface area contributed by atoms with E-state index in [4.69, 9.17) is 9.05 Å². The molecule has 41 heavy (non-hydrogen) atoms. The van der Waals surface area contributed by atoms with E-state index in [0.717, 1.165) is 38.5 Å². The Morgan fingerprint density at radius 1 is 0.732 bits per heavy atom. The summed E-state index contributed by atoms with van der Waals surface area (Å²) in [7, 11) is 1.62. The molecule has 0 heterocycles. The Morgan fingerprint density at radius 3 is 1.63 bits per heavy atom. The molecule has 1 amide bonds. The zero-order valence-corrected chi connectivity index (χ0v) is 28.4. The number of carbonyl (C=O) groups excluding carboxylic acids is 1. The third-order valence-corrected chi connectivity index (χ3v) is 8.59. The number of hydrogen-bond donors (Lipinski definition) is 3. The monoisotopic (exact) mass is 607 g/mol. The van der Waals surface area contributed by atoms with E-state index in [1.54, 1.807) is 0 Å². The van der Waals surface area contributed by atoms with Crippen LogP contribution in [-0.2, 0) is 18.4 Å². The van der Waals surface area contributed by atoms with Gasteiger partial charge < -0.3 is 19.8 Å². The van der Waals surface area contributed by atoms with Gasteiger partial charge >= 0.3 is 7.82 Å². The molecule has 0 aromatic rings. The van der Waals surface area contributed by atoms with Gasteiger partial charge in [-0.05, 0) is 12.8 Å². The minimum Gasteiger partial charge on any atom is -0.391 e. The van der Waals surface area contributed by atoms with Crippen molar-refractivity contribution in [1.82, 2.24) is 5.32 Å². The normalized spacial score (nSPS) is 15.0. The van der Waals surface area contributed by atoms with E-state index >= 15 is 0 Å². The number of nitrogens with one attached hydrogen (secondary N) is 1. The Bertz CT molecular complexity index is 659. The van der Waals surface area contributed by atoms with Gasteiger partial charge in [-0.25, -0.2) is 4.57 Å². The van der Waals surface area contributed by atoms with Crippen LogP contribution in [0.1, 0.15) is 149 Å². The van der Waals surface area contributed by atoms with Gasteiger partial charge in [0.25, 0.3) is 0 Å². The van der Waals surface area contributed by atoms with Crippen molar-refractivity contribution in [1.29, 1.82) is 0 Å². The highest BCUT2D eigenvalue weighted by atomic mass is 31.2. The fourth-order valence-corrected chi connectivity index (χ4v) is 5.54. The standard InChI is InChI=1S/C32H67N2O6P/c1-6-8-10-12-14-16-17-18-19-21-23-25-31(35)30(29-40-41(37,38)39-28-27-34(3,4)5)33-32(36)26-24-22-20-15-13-11-9-7-2/h30-31,35H,6-29H2,1-5H3,(H-,33,36,37,38)/p+1. The Kier molecular flexibility index (Phi) is 25.6. The zero-order valence-electron chi connectivity index (χ0n) is 27.5. The molecule has 3 N–H and O–H groups in total. The summed E-state index contributed by atoms with van der Waals surface area (Å²) < 4.78 is 23.4. The summed E-state index contributed by atoms with van der Waals surface area (Å²) in [6, 6.07) is -0.748. The summed E-state index contributed by atoms with van der Waals surface area (Å²) in [6.45, 7) is 4.82. The minimum atomic E-state index is -4.29. The zero-order chi connectivity index (χ0) is 30.8. The Balaban J connectivity index is 4.54. The average Bonchev–Trinajstić information content (AvgIpc) is 2.90. The molecule has 0 aliphatic heterocycles. The van der Waals surface area contributed by atoms with Crippen LogP contribution in [0.4, 0.5) is 0 Å². The maximum atomic E-state index is 12.7. The van der Waals surface area contributed by atoms with E-state index in [9.17, 15) is 19.4 Å². The van der Waals surface area contributed by atoms with Crippen molar-refractivity contribution in [2.45, 2.75) is 161 Å². The van der Waals surface area contributed by atoms with Crippen LogP contribution in [0.25, 0.3) is 0 Å². The lowest BCUT2D eigenvalue weighted by Crippen LogP contribution is -2.46. The van der Waals surface area contributed by atoms with Gasteiger partial charge in [0.05, 0.1) is 39.9 Å². The second-order valence-corrected chi connectivity index (χ2v) is 14.4. The molecule has 0 spiro atoms. The highest BCUT2D eigenvalue weighted by Crippen LogP contribution is 2.43. The molecule has 0 saturated heterocycles. The van der Waals surface area contributed by atoms with Gasteiger partial charge in [-0.3, -0.25) is 13.8 Å². The first-order valence-electron chi connectivity index (χ1n) is 16.9. The molecule has 246 valence electrons. The highest BCUT2D eigenvalue weighted by molar-refractivity contribution is 7.47. The largest absolute Gasteiger partial charge is 0.472 e. The summed E-state index contributed by atoms with van der Waals surface area (Å²) in [4.78, 5) is 22.8. The number of unbranched alkanes of at least 4 members (excludes halogenated alkanes) is 17. The number of aliphatic hydroxyl groups is 1. The number of phosphoric acid groups is 1. The third kappa shape index (κ3) is 28.1. The molecule has 0 rings (SSSR count). The Morgan fingerprint density at radius 2 is 1.17 bits per heavy atom. The molecule has 9 heteroatoms.